The fourth-order valence-electron chi connectivity index (χ4n) is 10.9. The molecule has 0 bridgehead atoms. The Morgan fingerprint density at radius 3 is 1.63 bits per heavy atom. The molecule has 28 nitrogen and oxygen atoms in total. The second-order valence-electron chi connectivity index (χ2n) is 23.0. The Hall–Kier alpha value is -8.53. The summed E-state index contributed by atoms with van der Waals surface area (Å²) < 4.78 is 0. The van der Waals surface area contributed by atoms with Crippen LogP contribution in [0.3, 0.4) is 0 Å². The van der Waals surface area contributed by atoms with Crippen molar-refractivity contribution in [3.8, 4) is 0 Å². The molecule has 2 aliphatic rings. The summed E-state index contributed by atoms with van der Waals surface area (Å²) in [5, 5.41) is 41.0. The highest BCUT2D eigenvalue weighted by Gasteiger charge is 2.42. The number of imidazole rings is 3. The van der Waals surface area contributed by atoms with E-state index in [1.165, 1.54) is 54.3 Å². The molecular formula is C59H86N16O12. The molecule has 0 spiro atoms. The van der Waals surface area contributed by atoms with Crippen molar-refractivity contribution in [2.24, 2.45) is 17.6 Å². The highest BCUT2D eigenvalue weighted by molar-refractivity contribution is 5.97. The van der Waals surface area contributed by atoms with E-state index in [9.17, 15) is 58.2 Å². The average molecular weight is 1210 g/mol. The average Bonchev–Trinajstić information content (AvgIpc) is 4.36. The molecule has 2 saturated heterocycles. The number of aliphatic hydroxyl groups is 1. The highest BCUT2D eigenvalue weighted by atomic mass is 16.4. The number of carbonyl (C=O) groups is 10. The molecule has 5 heterocycles. The predicted molar refractivity (Wildman–Crippen MR) is 316 cm³/mol. The van der Waals surface area contributed by atoms with Crippen LogP contribution in [0.15, 0.2) is 67.9 Å². The molecule has 1 aromatic carbocycles. The molecule has 28 heteroatoms. The van der Waals surface area contributed by atoms with E-state index in [-0.39, 0.29) is 63.3 Å². The Morgan fingerprint density at radius 1 is 0.632 bits per heavy atom. The van der Waals surface area contributed by atoms with Gasteiger partial charge < -0.3 is 77.9 Å². The molecule has 2 fully saturated rings. The summed E-state index contributed by atoms with van der Waals surface area (Å²) in [5.74, 6) is -7.70. The number of aromatic nitrogens is 6. The lowest BCUT2D eigenvalue weighted by molar-refractivity contribution is -0.143. The minimum absolute atomic E-state index is 0.00898. The number of unbranched alkanes of at least 4 members (excludes halogenated alkanes) is 1. The molecular weight excluding hydrogens is 1120 g/mol. The molecule has 2 aliphatic heterocycles. The van der Waals surface area contributed by atoms with Gasteiger partial charge in [0.05, 0.1) is 37.5 Å². The second-order valence-corrected chi connectivity index (χ2v) is 23.0. The number of nitrogens with one attached hydrogen (secondary N) is 10. The van der Waals surface area contributed by atoms with Crippen LogP contribution in [0.4, 0.5) is 0 Å². The number of aromatic amines is 3. The normalized spacial score (nSPS) is 18.0. The summed E-state index contributed by atoms with van der Waals surface area (Å²) >= 11 is 0. The molecule has 0 radical (unpaired) electrons. The van der Waals surface area contributed by atoms with Crippen LogP contribution in [0, 0.1) is 11.8 Å². The minimum atomic E-state index is -1.54. The number of hydrogen-bond donors (Lipinski definition) is 13. The van der Waals surface area contributed by atoms with Crippen LogP contribution in [0.2, 0.25) is 0 Å². The number of aliphatic carboxylic acids is 1. The number of rotatable bonds is 34. The standard InChI is InChI=1S/C59H86N16O12/c1-6-35(4)51(57(84)71-45(25-39-29-62-32-65-39)53(80)67-41(59(86)87)16-10-11-19-60)73-50(78)27-49(77)42(22-34(2)3)68-54(81)44(24-38-28-61-31-64-38)69-52(79)43(23-37-14-8-7-9-15-37)70-56(83)48-18-13-21-75(48)58(85)46(26-40-30-63-33-66-40)72-55(82)47-17-12-20-74(47)36(5)76/h7-9,14-15,28-35,41-49,51,77H,6,10-13,16-27,60H2,1-5H3,(H,61,64)(H,62,65)(H,63,66)(H,67,80)(H,68,81)(H,69,79)(H,70,83)(H,71,84)(H,72,82)(H,73,78)(H,86,87)/t35-,41-,42?,43-,44-,45-,46-,47-,48-,49?,51-/m0/s1. The molecule has 474 valence electrons. The van der Waals surface area contributed by atoms with Crippen LogP contribution in [0.1, 0.15) is 121 Å². The highest BCUT2D eigenvalue weighted by Crippen LogP contribution is 2.23. The Bertz CT molecular complexity index is 2890. The van der Waals surface area contributed by atoms with Crippen molar-refractivity contribution in [3.05, 3.63) is 90.5 Å². The first-order valence-electron chi connectivity index (χ1n) is 29.9. The topological polar surface area (TPSA) is 414 Å². The summed E-state index contributed by atoms with van der Waals surface area (Å²) in [4.78, 5) is 162. The van der Waals surface area contributed by atoms with Crippen molar-refractivity contribution < 1.29 is 58.2 Å². The summed E-state index contributed by atoms with van der Waals surface area (Å²) in [6.45, 7) is 9.49. The van der Waals surface area contributed by atoms with Gasteiger partial charge in [-0.3, -0.25) is 43.2 Å². The summed E-state index contributed by atoms with van der Waals surface area (Å²) in [6, 6.07) is -1.70. The summed E-state index contributed by atoms with van der Waals surface area (Å²) in [5.41, 5.74) is 7.70. The van der Waals surface area contributed by atoms with Gasteiger partial charge in [0.1, 0.15) is 48.3 Å². The molecule has 87 heavy (non-hydrogen) atoms. The molecule has 2 unspecified atom stereocenters. The second kappa shape index (κ2) is 33.4. The van der Waals surface area contributed by atoms with E-state index in [1.807, 2.05) is 13.8 Å². The lowest BCUT2D eigenvalue weighted by Gasteiger charge is -2.31. The van der Waals surface area contributed by atoms with Crippen molar-refractivity contribution in [2.75, 3.05) is 19.6 Å². The maximum absolute atomic E-state index is 14.8. The Labute approximate surface area is 505 Å². The number of benzene rings is 1. The van der Waals surface area contributed by atoms with E-state index in [2.05, 4.69) is 67.1 Å². The molecule has 6 rings (SSSR count). The fourth-order valence-corrected chi connectivity index (χ4v) is 10.9. The van der Waals surface area contributed by atoms with Gasteiger partial charge in [-0.15, -0.1) is 0 Å². The van der Waals surface area contributed by atoms with E-state index < -0.39 is 126 Å². The van der Waals surface area contributed by atoms with Crippen LogP contribution in [0.25, 0.3) is 0 Å². The third kappa shape index (κ3) is 20.3. The first-order chi connectivity index (χ1) is 41.6. The van der Waals surface area contributed by atoms with Gasteiger partial charge in [-0.05, 0) is 75.3 Å². The number of likely N-dealkylation sites (tertiary alicyclic amines) is 2. The van der Waals surface area contributed by atoms with E-state index in [0.29, 0.717) is 74.3 Å². The number of nitrogens with zero attached hydrogens (tertiary/aromatic N) is 5. The minimum Gasteiger partial charge on any atom is -0.480 e. The van der Waals surface area contributed by atoms with E-state index in [1.54, 1.807) is 44.2 Å². The Kier molecular flexibility index (Phi) is 25.9. The summed E-state index contributed by atoms with van der Waals surface area (Å²) in [7, 11) is 0. The smallest absolute Gasteiger partial charge is 0.326 e. The number of amides is 9. The lowest BCUT2D eigenvalue weighted by Crippen LogP contribution is -2.60. The van der Waals surface area contributed by atoms with Crippen LogP contribution >= 0.6 is 0 Å². The van der Waals surface area contributed by atoms with Crippen LogP contribution in [0.5, 0.6) is 0 Å². The number of carboxylic acid groups (broad SMARTS) is 1. The SMILES string of the molecule is CC[C@H](C)[C@H](NC(=O)CC(O)C(CC(C)C)NC(=O)[C@H](Cc1cnc[nH]1)NC(=O)[C@H](Cc1ccccc1)NC(=O)[C@@H]1CCCN1C(=O)[C@H](Cc1cnc[nH]1)NC(=O)[C@@H]1CCCN1C(C)=O)C(=O)N[C@@H](Cc1cnc[nH]1)C(=O)N[C@@H](CCCCN)C(=O)O. The van der Waals surface area contributed by atoms with Crippen LogP contribution in [-0.4, -0.2) is 189 Å². The van der Waals surface area contributed by atoms with Gasteiger partial charge in [0.25, 0.3) is 0 Å². The van der Waals surface area contributed by atoms with Gasteiger partial charge >= 0.3 is 5.97 Å². The zero-order chi connectivity index (χ0) is 63.2. The third-order valence-corrected chi connectivity index (χ3v) is 15.8. The molecule has 0 saturated carbocycles. The fraction of sp³-hybridized carbons (Fsp3) is 0.576. The number of aliphatic hydroxyl groups excluding tert-OH is 1. The zero-order valence-corrected chi connectivity index (χ0v) is 50.1. The van der Waals surface area contributed by atoms with E-state index >= 15 is 0 Å². The quantitative estimate of drug-likeness (QED) is 0.0264. The maximum Gasteiger partial charge on any atom is 0.326 e. The van der Waals surface area contributed by atoms with Crippen molar-refractivity contribution >= 4 is 59.1 Å². The maximum atomic E-state index is 14.8. The van der Waals surface area contributed by atoms with Gasteiger partial charge in [0, 0.05) is 81.4 Å². The van der Waals surface area contributed by atoms with Crippen molar-refractivity contribution in [3.63, 3.8) is 0 Å². The van der Waals surface area contributed by atoms with Crippen LogP contribution < -0.4 is 43.0 Å². The zero-order valence-electron chi connectivity index (χ0n) is 50.1. The molecule has 11 atom stereocenters. The molecule has 9 amide bonds. The van der Waals surface area contributed by atoms with Gasteiger partial charge in [-0.1, -0.05) is 64.4 Å². The first-order valence-corrected chi connectivity index (χ1v) is 29.9. The monoisotopic (exact) mass is 1210 g/mol. The largest absolute Gasteiger partial charge is 0.480 e. The molecule has 14 N–H and O–H groups in total. The molecule has 0 aliphatic carbocycles. The number of carbonyl (C=O) groups excluding carboxylic acids is 9. The van der Waals surface area contributed by atoms with Crippen molar-refractivity contribution in [1.82, 2.24) is 76.9 Å². The van der Waals surface area contributed by atoms with Gasteiger partial charge in [-0.2, -0.15) is 0 Å². The van der Waals surface area contributed by atoms with Gasteiger partial charge in [0.2, 0.25) is 53.2 Å². The van der Waals surface area contributed by atoms with Crippen molar-refractivity contribution in [1.29, 1.82) is 0 Å². The summed E-state index contributed by atoms with van der Waals surface area (Å²) in [6.07, 6.45) is 9.56. The van der Waals surface area contributed by atoms with Gasteiger partial charge in [-0.25, -0.2) is 19.7 Å². The van der Waals surface area contributed by atoms with E-state index in [4.69, 9.17) is 5.73 Å². The van der Waals surface area contributed by atoms with Crippen molar-refractivity contribution in [2.45, 2.75) is 185 Å². The van der Waals surface area contributed by atoms with E-state index in [0.717, 1.165) is 0 Å². The first kappa shape index (κ1) is 67.6. The Balaban J connectivity index is 1.17. The third-order valence-electron chi connectivity index (χ3n) is 15.8. The molecule has 3 aromatic heterocycles. The lowest BCUT2D eigenvalue weighted by atomic mass is 9.95. The predicted octanol–water partition coefficient (Wildman–Crippen LogP) is -0.421. The van der Waals surface area contributed by atoms with Gasteiger partial charge in [0.15, 0.2) is 0 Å². The molecule has 4 aromatic rings. The number of carboxylic acids is 1. The van der Waals surface area contributed by atoms with Crippen LogP contribution in [-0.2, 0) is 73.6 Å². The number of H-pyrrole nitrogens is 3. The number of hydrogen-bond acceptors (Lipinski definition) is 15. The Morgan fingerprint density at radius 2 is 1.13 bits per heavy atom. The number of nitrogens with two attached hydrogens (primary N) is 1.